The maximum absolute atomic E-state index is 11.6. The standard InChI is InChI=1S/C8H11F3O3/c1-2-3-4-14-7(13)6(12)5-8(9,10)11/h2-5H2,1H3. The van der Waals surface area contributed by atoms with E-state index in [0.717, 1.165) is 6.42 Å². The molecule has 0 heterocycles. The van der Waals surface area contributed by atoms with Crippen LogP contribution in [0.5, 0.6) is 0 Å². The lowest BCUT2D eigenvalue weighted by molar-refractivity contribution is -0.167. The molecule has 0 aromatic carbocycles. The molecule has 0 amide bonds. The Morgan fingerprint density at radius 1 is 1.29 bits per heavy atom. The first-order valence-electron chi connectivity index (χ1n) is 4.13. The number of halogens is 3. The number of ketones is 1. The Labute approximate surface area is 79.2 Å². The summed E-state index contributed by atoms with van der Waals surface area (Å²) < 4.78 is 39.2. The number of rotatable bonds is 5. The van der Waals surface area contributed by atoms with Gasteiger partial charge in [-0.3, -0.25) is 4.79 Å². The lowest BCUT2D eigenvalue weighted by Gasteiger charge is -2.05. The van der Waals surface area contributed by atoms with Crippen LogP contribution >= 0.6 is 0 Å². The maximum atomic E-state index is 11.6. The van der Waals surface area contributed by atoms with Crippen molar-refractivity contribution < 1.29 is 27.5 Å². The minimum atomic E-state index is -4.65. The average molecular weight is 212 g/mol. The second-order valence-corrected chi connectivity index (χ2v) is 2.70. The summed E-state index contributed by atoms with van der Waals surface area (Å²) in [6.07, 6.45) is -5.13. The molecule has 0 atom stereocenters. The normalized spacial score (nSPS) is 11.1. The third-order valence-electron chi connectivity index (χ3n) is 1.32. The number of alkyl halides is 3. The van der Waals surface area contributed by atoms with Crippen LogP contribution in [0, 0.1) is 0 Å². The number of hydrogen-bond donors (Lipinski definition) is 0. The van der Waals surface area contributed by atoms with Crippen molar-refractivity contribution in [1.29, 1.82) is 0 Å². The molecule has 0 bridgehead atoms. The molecule has 0 aromatic rings. The monoisotopic (exact) mass is 212 g/mol. The van der Waals surface area contributed by atoms with Gasteiger partial charge in [0.2, 0.25) is 5.78 Å². The van der Waals surface area contributed by atoms with Gasteiger partial charge in [0.25, 0.3) is 0 Å². The molecule has 0 saturated carbocycles. The fraction of sp³-hybridized carbons (Fsp3) is 0.750. The minimum Gasteiger partial charge on any atom is -0.460 e. The van der Waals surface area contributed by atoms with E-state index in [1.165, 1.54) is 0 Å². The fourth-order valence-electron chi connectivity index (χ4n) is 0.644. The number of carbonyl (C=O) groups excluding carboxylic acids is 2. The fourth-order valence-corrected chi connectivity index (χ4v) is 0.644. The van der Waals surface area contributed by atoms with Gasteiger partial charge in [0.1, 0.15) is 6.42 Å². The summed E-state index contributed by atoms with van der Waals surface area (Å²) in [6.45, 7) is 1.81. The van der Waals surface area contributed by atoms with E-state index >= 15 is 0 Å². The molecule has 82 valence electrons. The van der Waals surface area contributed by atoms with Crippen molar-refractivity contribution in [3.05, 3.63) is 0 Å². The lowest BCUT2D eigenvalue weighted by atomic mass is 10.3. The second-order valence-electron chi connectivity index (χ2n) is 2.70. The van der Waals surface area contributed by atoms with Crippen LogP contribution in [0.15, 0.2) is 0 Å². The Bertz CT molecular complexity index is 210. The molecular weight excluding hydrogens is 201 g/mol. The van der Waals surface area contributed by atoms with Crippen LogP contribution in [0.25, 0.3) is 0 Å². The molecule has 3 nitrogen and oxygen atoms in total. The van der Waals surface area contributed by atoms with Gasteiger partial charge in [-0.25, -0.2) is 4.79 Å². The molecule has 0 aromatic heterocycles. The van der Waals surface area contributed by atoms with Gasteiger partial charge in [-0.1, -0.05) is 13.3 Å². The van der Waals surface area contributed by atoms with Gasteiger partial charge < -0.3 is 4.74 Å². The topological polar surface area (TPSA) is 43.4 Å². The van der Waals surface area contributed by atoms with E-state index in [1.54, 1.807) is 0 Å². The van der Waals surface area contributed by atoms with Crippen LogP contribution in [0.2, 0.25) is 0 Å². The van der Waals surface area contributed by atoms with Gasteiger partial charge >= 0.3 is 12.1 Å². The Morgan fingerprint density at radius 2 is 1.86 bits per heavy atom. The molecule has 0 spiro atoms. The van der Waals surface area contributed by atoms with Gasteiger partial charge in [0.05, 0.1) is 6.61 Å². The third kappa shape index (κ3) is 6.45. The Kier molecular flexibility index (Phi) is 5.19. The number of esters is 1. The van der Waals surface area contributed by atoms with E-state index in [0.29, 0.717) is 6.42 Å². The number of carbonyl (C=O) groups is 2. The largest absolute Gasteiger partial charge is 0.460 e. The smallest absolute Gasteiger partial charge is 0.396 e. The third-order valence-corrected chi connectivity index (χ3v) is 1.32. The molecular formula is C8H11F3O3. The predicted octanol–water partition coefficient (Wildman–Crippen LogP) is 1.85. The first-order valence-corrected chi connectivity index (χ1v) is 4.13. The van der Waals surface area contributed by atoms with E-state index in [9.17, 15) is 22.8 Å². The number of hydrogen-bond acceptors (Lipinski definition) is 3. The van der Waals surface area contributed by atoms with Crippen LogP contribution in [0.3, 0.4) is 0 Å². The summed E-state index contributed by atoms with van der Waals surface area (Å²) in [5.74, 6) is -2.95. The van der Waals surface area contributed by atoms with Crippen molar-refractivity contribution in [3.63, 3.8) is 0 Å². The molecule has 0 unspecified atom stereocenters. The highest BCUT2D eigenvalue weighted by Crippen LogP contribution is 2.19. The molecule has 0 aliphatic rings. The molecule has 0 rings (SSSR count). The second kappa shape index (κ2) is 5.62. The van der Waals surface area contributed by atoms with Crippen molar-refractivity contribution in [2.24, 2.45) is 0 Å². The summed E-state index contributed by atoms with van der Waals surface area (Å²) in [5, 5.41) is 0. The summed E-state index contributed by atoms with van der Waals surface area (Å²) in [6, 6.07) is 0. The van der Waals surface area contributed by atoms with Crippen molar-refractivity contribution in [3.8, 4) is 0 Å². The van der Waals surface area contributed by atoms with E-state index < -0.39 is 24.3 Å². The molecule has 6 heteroatoms. The van der Waals surface area contributed by atoms with Gasteiger partial charge in [0.15, 0.2) is 0 Å². The van der Waals surface area contributed by atoms with Crippen LogP contribution in [-0.2, 0) is 14.3 Å². The molecule has 0 N–H and O–H groups in total. The SMILES string of the molecule is CCCCOC(=O)C(=O)CC(F)(F)F. The van der Waals surface area contributed by atoms with E-state index in [2.05, 4.69) is 4.74 Å². The zero-order chi connectivity index (χ0) is 11.2. The van der Waals surface area contributed by atoms with E-state index in [4.69, 9.17) is 0 Å². The lowest BCUT2D eigenvalue weighted by Crippen LogP contribution is -2.24. The molecule has 0 aliphatic carbocycles. The predicted molar refractivity (Wildman–Crippen MR) is 41.5 cm³/mol. The Hall–Kier alpha value is -1.07. The molecule has 0 aliphatic heterocycles. The first-order chi connectivity index (χ1) is 6.37. The maximum Gasteiger partial charge on any atom is 0.396 e. The van der Waals surface area contributed by atoms with Gasteiger partial charge in [-0.2, -0.15) is 13.2 Å². The van der Waals surface area contributed by atoms with Crippen molar-refractivity contribution >= 4 is 11.8 Å². The number of unbranched alkanes of at least 4 members (excludes halogenated alkanes) is 1. The van der Waals surface area contributed by atoms with Gasteiger partial charge in [-0.05, 0) is 6.42 Å². The highest BCUT2D eigenvalue weighted by atomic mass is 19.4. The van der Waals surface area contributed by atoms with Crippen LogP contribution in [-0.4, -0.2) is 24.5 Å². The van der Waals surface area contributed by atoms with Gasteiger partial charge in [-0.15, -0.1) is 0 Å². The minimum absolute atomic E-state index is 0.0149. The highest BCUT2D eigenvalue weighted by Gasteiger charge is 2.34. The van der Waals surface area contributed by atoms with Crippen molar-refractivity contribution in [1.82, 2.24) is 0 Å². The molecule has 0 radical (unpaired) electrons. The van der Waals surface area contributed by atoms with Gasteiger partial charge in [0, 0.05) is 0 Å². The summed E-state index contributed by atoms with van der Waals surface area (Å²) in [4.78, 5) is 21.2. The van der Waals surface area contributed by atoms with Crippen LogP contribution in [0.4, 0.5) is 13.2 Å². The van der Waals surface area contributed by atoms with Crippen LogP contribution < -0.4 is 0 Å². The van der Waals surface area contributed by atoms with E-state index in [1.807, 2.05) is 6.92 Å². The quantitative estimate of drug-likeness (QED) is 0.397. The number of Topliss-reactive ketones (excluding diaryl/α,β-unsaturated/α-hetero) is 1. The summed E-state index contributed by atoms with van der Waals surface area (Å²) in [5.41, 5.74) is 0. The molecule has 14 heavy (non-hydrogen) atoms. The number of ether oxygens (including phenoxy) is 1. The molecule has 0 saturated heterocycles. The highest BCUT2D eigenvalue weighted by molar-refractivity contribution is 6.33. The first kappa shape index (κ1) is 12.9. The average Bonchev–Trinajstić information content (AvgIpc) is 2.01. The van der Waals surface area contributed by atoms with E-state index in [-0.39, 0.29) is 6.61 Å². The zero-order valence-electron chi connectivity index (χ0n) is 7.69. The van der Waals surface area contributed by atoms with Crippen LogP contribution in [0.1, 0.15) is 26.2 Å². The zero-order valence-corrected chi connectivity index (χ0v) is 7.69. The Balaban J connectivity index is 3.83. The molecule has 0 fully saturated rings. The summed E-state index contributed by atoms with van der Waals surface area (Å²) in [7, 11) is 0. The Morgan fingerprint density at radius 3 is 2.29 bits per heavy atom. The van der Waals surface area contributed by atoms with Crippen molar-refractivity contribution in [2.45, 2.75) is 32.4 Å². The van der Waals surface area contributed by atoms with Crippen molar-refractivity contribution in [2.75, 3.05) is 6.61 Å². The summed E-state index contributed by atoms with van der Waals surface area (Å²) >= 11 is 0.